The van der Waals surface area contributed by atoms with E-state index in [1.54, 1.807) is 18.2 Å². The van der Waals surface area contributed by atoms with Gasteiger partial charge in [-0.2, -0.15) is 0 Å². The van der Waals surface area contributed by atoms with E-state index in [4.69, 9.17) is 9.47 Å². The largest absolute Gasteiger partial charge is 0.497 e. The van der Waals surface area contributed by atoms with Crippen molar-refractivity contribution in [3.8, 4) is 11.5 Å². The molecule has 0 unspecified atom stereocenters. The zero-order chi connectivity index (χ0) is 21.2. The molecule has 0 aromatic heterocycles. The first-order chi connectivity index (χ1) is 13.7. The molecule has 0 spiro atoms. The molecule has 0 atom stereocenters. The molecule has 0 bridgehead atoms. The van der Waals surface area contributed by atoms with E-state index < -0.39 is 10.0 Å². The van der Waals surface area contributed by atoms with Crippen LogP contribution in [0.5, 0.6) is 11.5 Å². The second-order valence-corrected chi connectivity index (χ2v) is 8.92. The van der Waals surface area contributed by atoms with Crippen molar-refractivity contribution in [3.05, 3.63) is 47.5 Å². The van der Waals surface area contributed by atoms with E-state index in [1.807, 2.05) is 24.8 Å². The van der Waals surface area contributed by atoms with E-state index in [0.717, 1.165) is 17.5 Å². The number of fused-ring (bicyclic) bond motifs is 1. The van der Waals surface area contributed by atoms with Crippen LogP contribution in [0.2, 0.25) is 0 Å². The van der Waals surface area contributed by atoms with Crippen molar-refractivity contribution in [2.24, 2.45) is 5.92 Å². The number of anilines is 1. The van der Waals surface area contributed by atoms with E-state index >= 15 is 0 Å². The summed E-state index contributed by atoms with van der Waals surface area (Å²) in [6.45, 7) is 4.92. The van der Waals surface area contributed by atoms with Gasteiger partial charge in [0.1, 0.15) is 16.4 Å². The lowest BCUT2D eigenvalue weighted by atomic mass is 9.98. The molecule has 8 heteroatoms. The molecular weight excluding hydrogens is 392 g/mol. The van der Waals surface area contributed by atoms with Gasteiger partial charge in [0.15, 0.2) is 0 Å². The summed E-state index contributed by atoms with van der Waals surface area (Å²) in [4.78, 5) is 14.2. The molecule has 29 heavy (non-hydrogen) atoms. The van der Waals surface area contributed by atoms with Gasteiger partial charge in [0.05, 0.1) is 14.2 Å². The van der Waals surface area contributed by atoms with E-state index in [1.165, 1.54) is 26.4 Å². The van der Waals surface area contributed by atoms with E-state index in [9.17, 15) is 13.2 Å². The second kappa shape index (κ2) is 8.32. The Labute approximate surface area is 171 Å². The number of sulfonamides is 1. The normalized spacial score (nSPS) is 13.8. The van der Waals surface area contributed by atoms with Crippen molar-refractivity contribution in [2.75, 3.05) is 25.5 Å². The molecule has 1 aliphatic heterocycles. The van der Waals surface area contributed by atoms with E-state index in [-0.39, 0.29) is 22.5 Å². The molecule has 0 aliphatic carbocycles. The number of carbonyl (C=O) groups is 1. The van der Waals surface area contributed by atoms with Gasteiger partial charge in [0.25, 0.3) is 10.0 Å². The number of hydrogen-bond donors (Lipinski definition) is 1. The Morgan fingerprint density at radius 3 is 2.48 bits per heavy atom. The fourth-order valence-electron chi connectivity index (χ4n) is 3.38. The summed E-state index contributed by atoms with van der Waals surface area (Å²) in [6.07, 6.45) is 0.757. The maximum Gasteiger partial charge on any atom is 0.265 e. The number of methoxy groups -OCH3 is 2. The maximum atomic E-state index is 12.9. The maximum absolute atomic E-state index is 12.9. The lowest BCUT2D eigenvalue weighted by molar-refractivity contribution is -0.135. The fourth-order valence-corrected chi connectivity index (χ4v) is 4.58. The van der Waals surface area contributed by atoms with Gasteiger partial charge in [0.2, 0.25) is 5.91 Å². The monoisotopic (exact) mass is 418 g/mol. The molecular formula is C21H26N2O5S. The molecule has 0 saturated carbocycles. The van der Waals surface area contributed by atoms with Crippen molar-refractivity contribution in [2.45, 2.75) is 31.7 Å². The molecule has 0 saturated heterocycles. The van der Waals surface area contributed by atoms with Gasteiger partial charge in [-0.25, -0.2) is 8.42 Å². The molecule has 1 amide bonds. The third kappa shape index (κ3) is 4.48. The predicted molar refractivity (Wildman–Crippen MR) is 111 cm³/mol. The van der Waals surface area contributed by atoms with Crippen molar-refractivity contribution in [3.63, 3.8) is 0 Å². The molecule has 7 nitrogen and oxygen atoms in total. The summed E-state index contributed by atoms with van der Waals surface area (Å²) < 4.78 is 38.8. The number of nitrogens with zero attached hydrogens (tertiary/aromatic N) is 1. The molecule has 1 N–H and O–H groups in total. The Kier molecular flexibility index (Phi) is 6.02. The number of amides is 1. The van der Waals surface area contributed by atoms with E-state index in [0.29, 0.717) is 24.5 Å². The van der Waals surface area contributed by atoms with Crippen LogP contribution < -0.4 is 14.2 Å². The summed E-state index contributed by atoms with van der Waals surface area (Å²) >= 11 is 0. The van der Waals surface area contributed by atoms with Gasteiger partial charge in [-0.05, 0) is 41.8 Å². The Morgan fingerprint density at radius 2 is 1.83 bits per heavy atom. The smallest absolute Gasteiger partial charge is 0.265 e. The van der Waals surface area contributed by atoms with Crippen molar-refractivity contribution in [1.82, 2.24) is 4.90 Å². The summed E-state index contributed by atoms with van der Waals surface area (Å²) in [5.41, 5.74) is 2.52. The second-order valence-electron chi connectivity index (χ2n) is 7.27. The number of ether oxygens (including phenoxy) is 2. The third-order valence-electron chi connectivity index (χ3n) is 4.94. The number of benzene rings is 2. The zero-order valence-electron chi connectivity index (χ0n) is 17.1. The molecule has 1 aliphatic rings. The van der Waals surface area contributed by atoms with Gasteiger partial charge >= 0.3 is 0 Å². The Bertz CT molecular complexity index is 1020. The predicted octanol–water partition coefficient (Wildman–Crippen LogP) is 3.05. The fraction of sp³-hybridized carbons (Fsp3) is 0.381. The highest BCUT2D eigenvalue weighted by Crippen LogP contribution is 2.31. The first-order valence-corrected chi connectivity index (χ1v) is 10.9. The molecule has 156 valence electrons. The lowest BCUT2D eigenvalue weighted by Gasteiger charge is -2.30. The summed E-state index contributed by atoms with van der Waals surface area (Å²) in [5, 5.41) is 0. The highest BCUT2D eigenvalue weighted by molar-refractivity contribution is 7.92. The Balaban J connectivity index is 1.86. The molecule has 2 aromatic rings. The van der Waals surface area contributed by atoms with Crippen LogP contribution in [0.4, 0.5) is 5.69 Å². The number of hydrogen-bond acceptors (Lipinski definition) is 5. The highest BCUT2D eigenvalue weighted by Gasteiger charge is 2.24. The van der Waals surface area contributed by atoms with Crippen molar-refractivity contribution in [1.29, 1.82) is 0 Å². The van der Waals surface area contributed by atoms with Gasteiger partial charge < -0.3 is 14.4 Å². The minimum Gasteiger partial charge on any atom is -0.497 e. The van der Waals surface area contributed by atoms with Crippen LogP contribution in [0.3, 0.4) is 0 Å². The van der Waals surface area contributed by atoms with Gasteiger partial charge in [-0.3, -0.25) is 9.52 Å². The summed E-state index contributed by atoms with van der Waals surface area (Å²) in [5.74, 6) is 0.735. The quantitative estimate of drug-likeness (QED) is 0.779. The van der Waals surface area contributed by atoms with Crippen LogP contribution in [0.15, 0.2) is 41.3 Å². The van der Waals surface area contributed by atoms with Crippen LogP contribution in [-0.4, -0.2) is 40.0 Å². The first kappa shape index (κ1) is 21.0. The highest BCUT2D eigenvalue weighted by atomic mass is 32.2. The van der Waals surface area contributed by atoms with Crippen molar-refractivity contribution >= 4 is 21.6 Å². The minimum absolute atomic E-state index is 0.0233. The number of carbonyl (C=O) groups excluding carboxylic acids is 1. The number of rotatable bonds is 6. The average molecular weight is 419 g/mol. The van der Waals surface area contributed by atoms with Gasteiger partial charge in [0, 0.05) is 30.8 Å². The molecule has 0 radical (unpaired) electrons. The minimum atomic E-state index is -3.86. The summed E-state index contributed by atoms with van der Waals surface area (Å²) in [7, 11) is -0.951. The van der Waals surface area contributed by atoms with Crippen LogP contribution in [-0.2, 0) is 27.8 Å². The summed E-state index contributed by atoms with van der Waals surface area (Å²) in [6, 6.07) is 9.99. The van der Waals surface area contributed by atoms with Gasteiger partial charge in [-0.15, -0.1) is 0 Å². The van der Waals surface area contributed by atoms with E-state index in [2.05, 4.69) is 4.72 Å². The SMILES string of the molecule is COc1ccc(S(=O)(=O)Nc2ccc3c(c2)CN(C(=O)C(C)C)CC3)c(OC)c1. The Hall–Kier alpha value is -2.74. The lowest BCUT2D eigenvalue weighted by Crippen LogP contribution is -2.38. The van der Waals surface area contributed by atoms with Crippen LogP contribution in [0.25, 0.3) is 0 Å². The number of nitrogens with one attached hydrogen (secondary N) is 1. The Morgan fingerprint density at radius 1 is 1.07 bits per heavy atom. The van der Waals surface area contributed by atoms with Crippen LogP contribution >= 0.6 is 0 Å². The van der Waals surface area contributed by atoms with Gasteiger partial charge in [-0.1, -0.05) is 19.9 Å². The van der Waals surface area contributed by atoms with Crippen molar-refractivity contribution < 1.29 is 22.7 Å². The average Bonchev–Trinajstić information content (AvgIpc) is 2.71. The standard InChI is InChI=1S/C21H26N2O5S/c1-14(2)21(24)23-10-9-15-5-6-17(11-16(15)13-23)22-29(25,26)20-8-7-18(27-3)12-19(20)28-4/h5-8,11-12,14,22H,9-10,13H2,1-4H3. The molecule has 1 heterocycles. The first-order valence-electron chi connectivity index (χ1n) is 9.40. The molecule has 2 aromatic carbocycles. The third-order valence-corrected chi connectivity index (χ3v) is 6.36. The zero-order valence-corrected chi connectivity index (χ0v) is 17.9. The molecule has 0 fully saturated rings. The van der Waals surface area contributed by atoms with Crippen LogP contribution in [0, 0.1) is 5.92 Å². The molecule has 3 rings (SSSR count). The topological polar surface area (TPSA) is 84.9 Å². The van der Waals surface area contributed by atoms with Crippen LogP contribution in [0.1, 0.15) is 25.0 Å².